The first-order chi connectivity index (χ1) is 15.2. The summed E-state index contributed by atoms with van der Waals surface area (Å²) in [6.45, 7) is 1.90. The normalized spacial score (nSPS) is 10.8. The molecule has 1 amide bonds. The largest absolute Gasteiger partial charge is 0.497 e. The molecule has 0 aliphatic rings. The SMILES string of the molecule is COc1ccc(NC(=O)CCSc2nnc(-c3ccoc3C)n2-c2ccccc2)cc1. The number of methoxy groups -OCH3 is 1. The molecule has 31 heavy (non-hydrogen) atoms. The number of hydrogen-bond acceptors (Lipinski definition) is 6. The molecule has 8 heteroatoms. The average Bonchev–Trinajstić information content (AvgIpc) is 3.40. The molecular weight excluding hydrogens is 412 g/mol. The van der Waals surface area contributed by atoms with Gasteiger partial charge in [0.15, 0.2) is 11.0 Å². The lowest BCUT2D eigenvalue weighted by Gasteiger charge is -2.10. The number of carbonyl (C=O) groups is 1. The maximum atomic E-state index is 12.3. The van der Waals surface area contributed by atoms with Gasteiger partial charge in [0.05, 0.1) is 18.9 Å². The first kappa shape index (κ1) is 20.7. The highest BCUT2D eigenvalue weighted by Crippen LogP contribution is 2.30. The zero-order valence-electron chi connectivity index (χ0n) is 17.2. The number of hydrogen-bond donors (Lipinski definition) is 1. The van der Waals surface area contributed by atoms with Crippen molar-refractivity contribution in [2.45, 2.75) is 18.5 Å². The van der Waals surface area contributed by atoms with E-state index in [1.165, 1.54) is 11.8 Å². The zero-order valence-corrected chi connectivity index (χ0v) is 18.1. The molecule has 0 aliphatic heterocycles. The maximum absolute atomic E-state index is 12.3. The fraction of sp³-hybridized carbons (Fsp3) is 0.174. The minimum absolute atomic E-state index is 0.0608. The molecule has 4 rings (SSSR count). The summed E-state index contributed by atoms with van der Waals surface area (Å²) in [7, 11) is 1.61. The molecule has 0 saturated carbocycles. The number of aryl methyl sites for hydroxylation is 1. The van der Waals surface area contributed by atoms with Crippen LogP contribution in [0.25, 0.3) is 17.1 Å². The van der Waals surface area contributed by atoms with Crippen molar-refractivity contribution in [3.05, 3.63) is 72.7 Å². The van der Waals surface area contributed by atoms with E-state index in [1.807, 2.05) is 72.2 Å². The summed E-state index contributed by atoms with van der Waals surface area (Å²) in [6, 6.07) is 19.0. The third-order valence-electron chi connectivity index (χ3n) is 4.68. The number of benzene rings is 2. The quantitative estimate of drug-likeness (QED) is 0.395. The Labute approximate surface area is 184 Å². The van der Waals surface area contributed by atoms with Gasteiger partial charge < -0.3 is 14.5 Å². The number of aromatic nitrogens is 3. The van der Waals surface area contributed by atoms with Gasteiger partial charge in [-0.3, -0.25) is 9.36 Å². The summed E-state index contributed by atoms with van der Waals surface area (Å²) in [6.07, 6.45) is 1.99. The van der Waals surface area contributed by atoms with Gasteiger partial charge in [-0.1, -0.05) is 30.0 Å². The number of ether oxygens (including phenoxy) is 1. The molecule has 2 aromatic heterocycles. The number of nitrogens with one attached hydrogen (secondary N) is 1. The van der Waals surface area contributed by atoms with Crippen LogP contribution in [0.2, 0.25) is 0 Å². The maximum Gasteiger partial charge on any atom is 0.225 e. The Balaban J connectivity index is 1.46. The number of thioether (sulfide) groups is 1. The Kier molecular flexibility index (Phi) is 6.37. The van der Waals surface area contributed by atoms with Crippen LogP contribution in [0.4, 0.5) is 5.69 Å². The lowest BCUT2D eigenvalue weighted by Crippen LogP contribution is -2.12. The van der Waals surface area contributed by atoms with Crippen molar-refractivity contribution in [1.82, 2.24) is 14.8 Å². The minimum atomic E-state index is -0.0608. The third-order valence-corrected chi connectivity index (χ3v) is 5.61. The van der Waals surface area contributed by atoms with Gasteiger partial charge in [0.2, 0.25) is 5.91 Å². The molecule has 0 aliphatic carbocycles. The predicted molar refractivity (Wildman–Crippen MR) is 121 cm³/mol. The molecule has 0 atom stereocenters. The smallest absolute Gasteiger partial charge is 0.225 e. The summed E-state index contributed by atoms with van der Waals surface area (Å²) in [5.74, 6) is 2.74. The van der Waals surface area contributed by atoms with Gasteiger partial charge in [-0.05, 0) is 49.4 Å². The summed E-state index contributed by atoms with van der Waals surface area (Å²) < 4.78 is 12.6. The van der Waals surface area contributed by atoms with E-state index < -0.39 is 0 Å². The first-order valence-corrected chi connectivity index (χ1v) is 10.8. The van der Waals surface area contributed by atoms with Crippen molar-refractivity contribution in [3.63, 3.8) is 0 Å². The van der Waals surface area contributed by atoms with Crippen LogP contribution < -0.4 is 10.1 Å². The van der Waals surface area contributed by atoms with Crippen LogP contribution in [0, 0.1) is 6.92 Å². The number of furan rings is 1. The zero-order chi connectivity index (χ0) is 21.6. The highest BCUT2D eigenvalue weighted by Gasteiger charge is 2.19. The lowest BCUT2D eigenvalue weighted by molar-refractivity contribution is -0.115. The van der Waals surface area contributed by atoms with E-state index in [2.05, 4.69) is 15.5 Å². The molecule has 0 spiro atoms. The van der Waals surface area contributed by atoms with Gasteiger partial charge in [0, 0.05) is 23.5 Å². The Morgan fingerprint density at radius 1 is 1.10 bits per heavy atom. The molecule has 0 saturated heterocycles. The molecule has 2 aromatic carbocycles. The highest BCUT2D eigenvalue weighted by atomic mass is 32.2. The lowest BCUT2D eigenvalue weighted by atomic mass is 10.2. The van der Waals surface area contributed by atoms with E-state index in [0.29, 0.717) is 18.0 Å². The van der Waals surface area contributed by atoms with Crippen molar-refractivity contribution in [1.29, 1.82) is 0 Å². The number of para-hydroxylation sites is 1. The fourth-order valence-electron chi connectivity index (χ4n) is 3.10. The van der Waals surface area contributed by atoms with Gasteiger partial charge in [-0.2, -0.15) is 0 Å². The van der Waals surface area contributed by atoms with Crippen molar-refractivity contribution >= 4 is 23.4 Å². The van der Waals surface area contributed by atoms with E-state index in [4.69, 9.17) is 9.15 Å². The molecule has 2 heterocycles. The second kappa shape index (κ2) is 9.53. The van der Waals surface area contributed by atoms with Gasteiger partial charge in [0.1, 0.15) is 11.5 Å². The second-order valence-electron chi connectivity index (χ2n) is 6.74. The number of nitrogens with zero attached hydrogens (tertiary/aromatic N) is 3. The molecular formula is C23H22N4O3S. The average molecular weight is 435 g/mol. The summed E-state index contributed by atoms with van der Waals surface area (Å²) in [5.41, 5.74) is 2.58. The van der Waals surface area contributed by atoms with Crippen molar-refractivity contribution in [2.24, 2.45) is 0 Å². The topological polar surface area (TPSA) is 82.2 Å². The van der Waals surface area contributed by atoms with Crippen molar-refractivity contribution in [2.75, 3.05) is 18.2 Å². The standard InChI is InChI=1S/C23H22N4O3S/c1-16-20(12-14-30-16)22-25-26-23(27(22)18-6-4-3-5-7-18)31-15-13-21(28)24-17-8-10-19(29-2)11-9-17/h3-12,14H,13,15H2,1-2H3,(H,24,28). The number of anilines is 1. The number of rotatable bonds is 8. The monoisotopic (exact) mass is 434 g/mol. The summed E-state index contributed by atoms with van der Waals surface area (Å²) >= 11 is 1.49. The van der Waals surface area contributed by atoms with Gasteiger partial charge in [-0.15, -0.1) is 10.2 Å². The van der Waals surface area contributed by atoms with Crippen LogP contribution in [0.15, 0.2) is 76.5 Å². The van der Waals surface area contributed by atoms with E-state index in [-0.39, 0.29) is 5.91 Å². The molecule has 158 valence electrons. The molecule has 0 radical (unpaired) electrons. The van der Waals surface area contributed by atoms with Gasteiger partial charge >= 0.3 is 0 Å². The summed E-state index contributed by atoms with van der Waals surface area (Å²) in [4.78, 5) is 12.3. The minimum Gasteiger partial charge on any atom is -0.497 e. The fourth-order valence-corrected chi connectivity index (χ4v) is 3.99. The van der Waals surface area contributed by atoms with E-state index in [0.717, 1.165) is 33.6 Å². The van der Waals surface area contributed by atoms with Crippen LogP contribution in [0.3, 0.4) is 0 Å². The molecule has 0 fully saturated rings. The van der Waals surface area contributed by atoms with Crippen molar-refractivity contribution in [3.8, 4) is 22.8 Å². The van der Waals surface area contributed by atoms with E-state index in [9.17, 15) is 4.79 Å². The predicted octanol–water partition coefficient (Wildman–Crippen LogP) is 4.97. The highest BCUT2D eigenvalue weighted by molar-refractivity contribution is 7.99. The van der Waals surface area contributed by atoms with Crippen LogP contribution in [0.1, 0.15) is 12.2 Å². The number of amides is 1. The first-order valence-electron chi connectivity index (χ1n) is 9.77. The Morgan fingerprint density at radius 2 is 1.87 bits per heavy atom. The molecule has 0 bridgehead atoms. The number of carbonyl (C=O) groups excluding carboxylic acids is 1. The summed E-state index contributed by atoms with van der Waals surface area (Å²) in [5, 5.41) is 12.4. The second-order valence-corrected chi connectivity index (χ2v) is 7.80. The van der Waals surface area contributed by atoms with Crippen LogP contribution >= 0.6 is 11.8 Å². The Bertz CT molecular complexity index is 1150. The third kappa shape index (κ3) is 4.80. The van der Waals surface area contributed by atoms with E-state index in [1.54, 1.807) is 13.4 Å². The van der Waals surface area contributed by atoms with Crippen molar-refractivity contribution < 1.29 is 13.9 Å². The molecule has 1 N–H and O–H groups in total. The molecule has 0 unspecified atom stereocenters. The van der Waals surface area contributed by atoms with Gasteiger partial charge in [0.25, 0.3) is 0 Å². The Hall–Kier alpha value is -3.52. The Morgan fingerprint density at radius 3 is 2.55 bits per heavy atom. The van der Waals surface area contributed by atoms with Gasteiger partial charge in [-0.25, -0.2) is 0 Å². The van der Waals surface area contributed by atoms with E-state index >= 15 is 0 Å². The molecule has 7 nitrogen and oxygen atoms in total. The van der Waals surface area contributed by atoms with Crippen LogP contribution in [0.5, 0.6) is 5.75 Å². The van der Waals surface area contributed by atoms with Crippen LogP contribution in [-0.4, -0.2) is 33.5 Å². The molecule has 4 aromatic rings. The van der Waals surface area contributed by atoms with Crippen LogP contribution in [-0.2, 0) is 4.79 Å².